The van der Waals surface area contributed by atoms with Crippen LogP contribution in [0.4, 0.5) is 0 Å². The second-order valence-corrected chi connectivity index (χ2v) is 6.29. The fourth-order valence-electron chi connectivity index (χ4n) is 3.16. The summed E-state index contributed by atoms with van der Waals surface area (Å²) in [6.07, 6.45) is 5.72. The zero-order valence-corrected chi connectivity index (χ0v) is 15.3. The minimum Gasteiger partial charge on any atom is -0.344 e. The molecule has 2 N–H and O–H groups in total. The Morgan fingerprint density at radius 3 is 2.72 bits per heavy atom. The highest BCUT2D eigenvalue weighted by atomic mass is 35.5. The SMILES string of the molecule is CCCC(NC(=O)c1cn(C2CCNCC2)nn1)c1ccccc1.Cl. The number of halogens is 1. The fraction of sp³-hybridized carbons (Fsp3) is 0.500. The number of carbonyl (C=O) groups is 1. The van der Waals surface area contributed by atoms with Gasteiger partial charge in [-0.3, -0.25) is 4.79 Å². The first-order chi connectivity index (χ1) is 11.8. The number of rotatable bonds is 6. The highest BCUT2D eigenvalue weighted by Gasteiger charge is 2.20. The van der Waals surface area contributed by atoms with Gasteiger partial charge in [0.05, 0.1) is 18.3 Å². The van der Waals surface area contributed by atoms with Gasteiger partial charge in [0, 0.05) is 0 Å². The molecular weight excluding hydrogens is 338 g/mol. The summed E-state index contributed by atoms with van der Waals surface area (Å²) in [5.74, 6) is -0.155. The van der Waals surface area contributed by atoms with Crippen LogP contribution in [0.25, 0.3) is 0 Å². The largest absolute Gasteiger partial charge is 0.344 e. The van der Waals surface area contributed by atoms with E-state index in [1.54, 1.807) is 6.20 Å². The van der Waals surface area contributed by atoms with Gasteiger partial charge < -0.3 is 10.6 Å². The lowest BCUT2D eigenvalue weighted by Crippen LogP contribution is -2.30. The Labute approximate surface area is 154 Å². The molecule has 1 fully saturated rings. The third-order valence-electron chi connectivity index (χ3n) is 4.51. The van der Waals surface area contributed by atoms with Crippen LogP contribution in [0.5, 0.6) is 0 Å². The first kappa shape index (κ1) is 19.4. The lowest BCUT2D eigenvalue weighted by Gasteiger charge is -2.22. The molecule has 1 aliphatic heterocycles. The van der Waals surface area contributed by atoms with Gasteiger partial charge >= 0.3 is 0 Å². The second-order valence-electron chi connectivity index (χ2n) is 6.29. The summed E-state index contributed by atoms with van der Waals surface area (Å²) >= 11 is 0. The van der Waals surface area contributed by atoms with Gasteiger partial charge in [-0.1, -0.05) is 48.9 Å². The van der Waals surface area contributed by atoms with Crippen molar-refractivity contribution in [3.8, 4) is 0 Å². The zero-order chi connectivity index (χ0) is 16.8. The van der Waals surface area contributed by atoms with Crippen molar-refractivity contribution in [2.45, 2.75) is 44.7 Å². The molecule has 136 valence electrons. The van der Waals surface area contributed by atoms with Gasteiger partial charge in [-0.15, -0.1) is 17.5 Å². The number of nitrogens with zero attached hydrogens (tertiary/aromatic N) is 3. The van der Waals surface area contributed by atoms with Gasteiger partial charge in [0.25, 0.3) is 5.91 Å². The molecule has 1 unspecified atom stereocenters. The van der Waals surface area contributed by atoms with Crippen LogP contribution in [0.1, 0.15) is 60.7 Å². The molecule has 1 aliphatic rings. The first-order valence-corrected chi connectivity index (χ1v) is 8.76. The maximum atomic E-state index is 12.6. The monoisotopic (exact) mass is 363 g/mol. The minimum atomic E-state index is -0.155. The van der Waals surface area contributed by atoms with Crippen molar-refractivity contribution in [2.24, 2.45) is 0 Å². The molecule has 0 aliphatic carbocycles. The lowest BCUT2D eigenvalue weighted by molar-refractivity contribution is 0.0929. The van der Waals surface area contributed by atoms with Crippen molar-refractivity contribution in [3.63, 3.8) is 0 Å². The molecule has 0 radical (unpaired) electrons. The van der Waals surface area contributed by atoms with E-state index in [1.807, 2.05) is 35.0 Å². The fourth-order valence-corrected chi connectivity index (χ4v) is 3.16. The van der Waals surface area contributed by atoms with Crippen molar-refractivity contribution in [1.29, 1.82) is 0 Å². The summed E-state index contributed by atoms with van der Waals surface area (Å²) in [5.41, 5.74) is 1.52. The molecule has 0 spiro atoms. The average molecular weight is 364 g/mol. The van der Waals surface area contributed by atoms with E-state index in [0.29, 0.717) is 11.7 Å². The molecule has 25 heavy (non-hydrogen) atoms. The topological polar surface area (TPSA) is 71.8 Å². The van der Waals surface area contributed by atoms with Gasteiger partial charge in [0.1, 0.15) is 0 Å². The number of amides is 1. The predicted octanol–water partition coefficient (Wildman–Crippen LogP) is 2.90. The van der Waals surface area contributed by atoms with E-state index in [4.69, 9.17) is 0 Å². The molecule has 1 aromatic carbocycles. The van der Waals surface area contributed by atoms with Crippen LogP contribution < -0.4 is 10.6 Å². The molecule has 7 heteroatoms. The molecule has 2 heterocycles. The van der Waals surface area contributed by atoms with Gasteiger partial charge in [0.15, 0.2) is 5.69 Å². The number of benzene rings is 1. The van der Waals surface area contributed by atoms with Crippen LogP contribution in [0.2, 0.25) is 0 Å². The molecule has 0 bridgehead atoms. The standard InChI is InChI=1S/C18H25N5O.ClH/c1-2-6-16(14-7-4-3-5-8-14)20-18(24)17-13-23(22-21-17)15-9-11-19-12-10-15;/h3-5,7-8,13,15-16,19H,2,6,9-12H2,1H3,(H,20,24);1H. The van der Waals surface area contributed by atoms with Crippen molar-refractivity contribution in [1.82, 2.24) is 25.6 Å². The Kier molecular flexibility index (Phi) is 7.40. The number of aromatic nitrogens is 3. The molecule has 1 atom stereocenters. The molecule has 2 aromatic rings. The van der Waals surface area contributed by atoms with E-state index in [9.17, 15) is 4.79 Å². The van der Waals surface area contributed by atoms with Gasteiger partial charge in [0.2, 0.25) is 0 Å². The molecule has 1 aromatic heterocycles. The van der Waals surface area contributed by atoms with Crippen LogP contribution in [0.15, 0.2) is 36.5 Å². The van der Waals surface area contributed by atoms with E-state index in [1.165, 1.54) is 0 Å². The Balaban J connectivity index is 0.00000225. The quantitative estimate of drug-likeness (QED) is 0.827. The Morgan fingerprint density at radius 2 is 2.04 bits per heavy atom. The Bertz CT molecular complexity index is 654. The maximum Gasteiger partial charge on any atom is 0.273 e. The normalized spacial score (nSPS) is 16.0. The zero-order valence-electron chi connectivity index (χ0n) is 14.5. The maximum absolute atomic E-state index is 12.6. The summed E-state index contributed by atoms with van der Waals surface area (Å²) in [7, 11) is 0. The number of carbonyl (C=O) groups excluding carboxylic acids is 1. The van der Waals surface area contributed by atoms with Crippen molar-refractivity contribution < 1.29 is 4.79 Å². The predicted molar refractivity (Wildman–Crippen MR) is 100.0 cm³/mol. The van der Waals surface area contributed by atoms with Crippen molar-refractivity contribution in [3.05, 3.63) is 47.8 Å². The van der Waals surface area contributed by atoms with E-state index >= 15 is 0 Å². The van der Waals surface area contributed by atoms with E-state index < -0.39 is 0 Å². The van der Waals surface area contributed by atoms with E-state index in [2.05, 4.69) is 27.9 Å². The Morgan fingerprint density at radius 1 is 1.32 bits per heavy atom. The molecule has 6 nitrogen and oxygen atoms in total. The van der Waals surface area contributed by atoms with Crippen LogP contribution >= 0.6 is 12.4 Å². The third kappa shape index (κ3) is 5.03. The number of nitrogens with one attached hydrogen (secondary N) is 2. The summed E-state index contributed by atoms with van der Waals surface area (Å²) in [6.45, 7) is 4.09. The highest BCUT2D eigenvalue weighted by Crippen LogP contribution is 2.20. The summed E-state index contributed by atoms with van der Waals surface area (Å²) in [4.78, 5) is 12.6. The summed E-state index contributed by atoms with van der Waals surface area (Å²) in [5, 5.41) is 14.7. The molecule has 3 rings (SSSR count). The van der Waals surface area contributed by atoms with Gasteiger partial charge in [-0.2, -0.15) is 0 Å². The number of hydrogen-bond donors (Lipinski definition) is 2. The average Bonchev–Trinajstić information content (AvgIpc) is 3.13. The van der Waals surface area contributed by atoms with Crippen LogP contribution in [0.3, 0.4) is 0 Å². The number of piperidine rings is 1. The van der Waals surface area contributed by atoms with Gasteiger partial charge in [-0.05, 0) is 37.9 Å². The van der Waals surface area contributed by atoms with Crippen LogP contribution in [-0.2, 0) is 0 Å². The van der Waals surface area contributed by atoms with Crippen molar-refractivity contribution in [2.75, 3.05) is 13.1 Å². The molecule has 0 saturated carbocycles. The van der Waals surface area contributed by atoms with E-state index in [-0.39, 0.29) is 24.4 Å². The Hall–Kier alpha value is -1.92. The molecular formula is C18H26ClN5O. The third-order valence-corrected chi connectivity index (χ3v) is 4.51. The van der Waals surface area contributed by atoms with Crippen molar-refractivity contribution >= 4 is 18.3 Å². The van der Waals surface area contributed by atoms with Gasteiger partial charge in [-0.25, -0.2) is 4.68 Å². The first-order valence-electron chi connectivity index (χ1n) is 8.76. The summed E-state index contributed by atoms with van der Waals surface area (Å²) in [6, 6.07) is 10.4. The smallest absolute Gasteiger partial charge is 0.273 e. The highest BCUT2D eigenvalue weighted by molar-refractivity contribution is 5.92. The van der Waals surface area contributed by atoms with Crippen LogP contribution in [-0.4, -0.2) is 34.0 Å². The molecule has 1 amide bonds. The lowest BCUT2D eigenvalue weighted by atomic mass is 10.0. The van der Waals surface area contributed by atoms with Crippen LogP contribution in [0, 0.1) is 0 Å². The summed E-state index contributed by atoms with van der Waals surface area (Å²) < 4.78 is 1.84. The minimum absolute atomic E-state index is 0. The molecule has 1 saturated heterocycles. The van der Waals surface area contributed by atoms with E-state index in [0.717, 1.165) is 44.3 Å². The number of hydrogen-bond acceptors (Lipinski definition) is 4. The second kappa shape index (κ2) is 9.53.